The topological polar surface area (TPSA) is 17.1 Å². The molecule has 0 aliphatic carbocycles. The average molecular weight is 304 g/mol. The zero-order valence-corrected chi connectivity index (χ0v) is 10.4. The maximum atomic E-state index is 13.5. The second-order valence-electron chi connectivity index (χ2n) is 4.23. The molecule has 21 heavy (non-hydrogen) atoms. The summed E-state index contributed by atoms with van der Waals surface area (Å²) < 4.78 is 79.0. The van der Waals surface area contributed by atoms with Crippen LogP contribution in [0.25, 0.3) is 0 Å². The number of hydrogen-bond acceptors (Lipinski definition) is 1. The van der Waals surface area contributed by atoms with Gasteiger partial charge < -0.3 is 0 Å². The lowest BCUT2D eigenvalue weighted by Gasteiger charge is -2.09. The van der Waals surface area contributed by atoms with E-state index in [-0.39, 0.29) is 11.1 Å². The molecule has 2 rings (SSSR count). The van der Waals surface area contributed by atoms with Gasteiger partial charge in [0.25, 0.3) is 0 Å². The maximum Gasteiger partial charge on any atom is 0.200 e. The molecule has 2 aromatic rings. The van der Waals surface area contributed by atoms with Crippen LogP contribution < -0.4 is 0 Å². The zero-order chi connectivity index (χ0) is 15.9. The molecule has 0 bridgehead atoms. The third-order valence-corrected chi connectivity index (χ3v) is 2.87. The summed E-state index contributed by atoms with van der Waals surface area (Å²) in [6.45, 7) is 1.27. The van der Waals surface area contributed by atoms with E-state index in [9.17, 15) is 31.1 Å². The second-order valence-corrected chi connectivity index (χ2v) is 4.23. The van der Waals surface area contributed by atoms with Gasteiger partial charge in [-0.2, -0.15) is 0 Å². The minimum absolute atomic E-state index is 0.00365. The Hall–Kier alpha value is -2.31. The van der Waals surface area contributed by atoms with Crippen LogP contribution in [0.4, 0.5) is 26.3 Å². The summed E-state index contributed by atoms with van der Waals surface area (Å²) in [4.78, 5) is 12.0. The van der Waals surface area contributed by atoms with Gasteiger partial charge in [0.2, 0.25) is 5.82 Å². The number of rotatable bonds is 2. The van der Waals surface area contributed by atoms with Gasteiger partial charge in [0.05, 0.1) is 0 Å². The highest BCUT2D eigenvalue weighted by Gasteiger charge is 2.30. The Bertz CT molecular complexity index is 725. The fourth-order valence-electron chi connectivity index (χ4n) is 1.82. The van der Waals surface area contributed by atoms with Crippen molar-refractivity contribution in [3.8, 4) is 0 Å². The van der Waals surface area contributed by atoms with E-state index >= 15 is 0 Å². The second kappa shape index (κ2) is 5.23. The Morgan fingerprint density at radius 1 is 0.810 bits per heavy atom. The van der Waals surface area contributed by atoms with Crippen molar-refractivity contribution >= 4 is 5.78 Å². The van der Waals surface area contributed by atoms with E-state index in [4.69, 9.17) is 0 Å². The summed E-state index contributed by atoms with van der Waals surface area (Å²) in [5.74, 6) is -13.3. The van der Waals surface area contributed by atoms with Crippen LogP contribution >= 0.6 is 0 Å². The first-order valence-electron chi connectivity index (χ1n) is 5.58. The third kappa shape index (κ3) is 2.39. The molecule has 0 aromatic heterocycles. The van der Waals surface area contributed by atoms with Gasteiger partial charge in [-0.1, -0.05) is 0 Å². The number of hydrogen-bond donors (Lipinski definition) is 0. The van der Waals surface area contributed by atoms with E-state index in [1.54, 1.807) is 0 Å². The fourth-order valence-corrected chi connectivity index (χ4v) is 1.82. The van der Waals surface area contributed by atoms with Crippen LogP contribution in [0.3, 0.4) is 0 Å². The Balaban J connectivity index is 2.70. The predicted octanol–water partition coefficient (Wildman–Crippen LogP) is 4.06. The van der Waals surface area contributed by atoms with Gasteiger partial charge in [-0.3, -0.25) is 4.79 Å². The van der Waals surface area contributed by atoms with E-state index < -0.39 is 46.3 Å². The molecule has 0 spiro atoms. The van der Waals surface area contributed by atoms with Gasteiger partial charge in [0.1, 0.15) is 11.4 Å². The summed E-state index contributed by atoms with van der Waals surface area (Å²) in [5, 5.41) is 0. The lowest BCUT2D eigenvalue weighted by Crippen LogP contribution is -2.14. The van der Waals surface area contributed by atoms with Gasteiger partial charge in [-0.25, -0.2) is 26.3 Å². The lowest BCUT2D eigenvalue weighted by molar-refractivity contribution is 0.102. The molecular weight excluding hydrogens is 298 g/mol. The average Bonchev–Trinajstić information content (AvgIpc) is 2.43. The van der Waals surface area contributed by atoms with Crippen molar-refractivity contribution in [3.05, 3.63) is 69.8 Å². The number of aryl methyl sites for hydroxylation is 1. The van der Waals surface area contributed by atoms with Gasteiger partial charge in [-0.05, 0) is 30.7 Å². The first-order valence-corrected chi connectivity index (χ1v) is 5.58. The van der Waals surface area contributed by atoms with Gasteiger partial charge >= 0.3 is 0 Å². The van der Waals surface area contributed by atoms with Crippen LogP contribution in [0.5, 0.6) is 0 Å². The summed E-state index contributed by atoms with van der Waals surface area (Å²) in [6.07, 6.45) is 0. The molecule has 0 amide bonds. The van der Waals surface area contributed by atoms with Gasteiger partial charge in [0.15, 0.2) is 29.1 Å². The Morgan fingerprint density at radius 2 is 1.29 bits per heavy atom. The highest BCUT2D eigenvalue weighted by Crippen LogP contribution is 2.26. The smallest absolute Gasteiger partial charge is 0.200 e. The van der Waals surface area contributed by atoms with Crippen molar-refractivity contribution in [3.63, 3.8) is 0 Å². The molecule has 110 valence electrons. The fraction of sp³-hybridized carbons (Fsp3) is 0.0714. The van der Waals surface area contributed by atoms with E-state index in [2.05, 4.69) is 0 Å². The van der Waals surface area contributed by atoms with Crippen LogP contribution in [-0.4, -0.2) is 5.78 Å². The number of carbonyl (C=O) groups excluding carboxylic acids is 1. The van der Waals surface area contributed by atoms with Gasteiger partial charge in [-0.15, -0.1) is 0 Å². The maximum absolute atomic E-state index is 13.5. The molecule has 0 saturated heterocycles. The molecule has 0 fully saturated rings. The van der Waals surface area contributed by atoms with Crippen molar-refractivity contribution in [2.24, 2.45) is 0 Å². The monoisotopic (exact) mass is 304 g/mol. The minimum atomic E-state index is -2.35. The molecule has 0 aliphatic heterocycles. The molecule has 0 saturated carbocycles. The van der Waals surface area contributed by atoms with E-state index in [1.165, 1.54) is 6.92 Å². The van der Waals surface area contributed by atoms with E-state index in [0.29, 0.717) is 0 Å². The van der Waals surface area contributed by atoms with Crippen LogP contribution in [0.1, 0.15) is 21.5 Å². The Kier molecular flexibility index (Phi) is 3.76. The number of benzene rings is 2. The minimum Gasteiger partial charge on any atom is -0.288 e. The predicted molar refractivity (Wildman–Crippen MR) is 60.8 cm³/mol. The van der Waals surface area contributed by atoms with E-state index in [0.717, 1.165) is 18.2 Å². The van der Waals surface area contributed by atoms with Crippen molar-refractivity contribution in [1.29, 1.82) is 0 Å². The Morgan fingerprint density at radius 3 is 1.76 bits per heavy atom. The molecule has 0 heterocycles. The van der Waals surface area contributed by atoms with Crippen molar-refractivity contribution < 1.29 is 31.1 Å². The normalized spacial score (nSPS) is 10.8. The summed E-state index contributed by atoms with van der Waals surface area (Å²) in [6, 6.07) is 2.65. The van der Waals surface area contributed by atoms with Crippen LogP contribution in [0, 0.1) is 41.8 Å². The molecule has 1 nitrogen and oxygen atoms in total. The summed E-state index contributed by atoms with van der Waals surface area (Å²) >= 11 is 0. The first kappa shape index (κ1) is 15.1. The van der Waals surface area contributed by atoms with Crippen LogP contribution in [0.2, 0.25) is 0 Å². The number of carbonyl (C=O) groups is 1. The van der Waals surface area contributed by atoms with Crippen molar-refractivity contribution in [1.82, 2.24) is 0 Å². The van der Waals surface area contributed by atoms with Crippen LogP contribution in [-0.2, 0) is 0 Å². The van der Waals surface area contributed by atoms with Crippen LogP contribution in [0.15, 0.2) is 18.2 Å². The standard InChI is InChI=1S/C14H6F6O/c1-5-4-6(15)2-3-7(5)14(21)8-9(16)11(18)13(20)12(19)10(8)17/h2-4H,1H3. The number of ketones is 1. The largest absolute Gasteiger partial charge is 0.288 e. The van der Waals surface area contributed by atoms with Gasteiger partial charge in [0, 0.05) is 5.56 Å². The molecule has 0 aliphatic rings. The molecule has 7 heteroatoms. The molecule has 0 atom stereocenters. The number of halogens is 6. The molecule has 2 aromatic carbocycles. The summed E-state index contributed by atoms with van der Waals surface area (Å²) in [5.41, 5.74) is -1.93. The van der Waals surface area contributed by atoms with E-state index in [1.807, 2.05) is 0 Å². The molecular formula is C14H6F6O. The summed E-state index contributed by atoms with van der Waals surface area (Å²) in [7, 11) is 0. The molecule has 0 N–H and O–H groups in total. The van der Waals surface area contributed by atoms with Crippen molar-refractivity contribution in [2.75, 3.05) is 0 Å². The quantitative estimate of drug-likeness (QED) is 0.354. The Labute approximate surface area is 114 Å². The molecule has 0 radical (unpaired) electrons. The highest BCUT2D eigenvalue weighted by molar-refractivity contribution is 6.10. The third-order valence-electron chi connectivity index (χ3n) is 2.87. The highest BCUT2D eigenvalue weighted by atomic mass is 19.2. The molecule has 0 unspecified atom stereocenters. The SMILES string of the molecule is Cc1cc(F)ccc1C(=O)c1c(F)c(F)c(F)c(F)c1F. The zero-order valence-electron chi connectivity index (χ0n) is 10.4. The lowest BCUT2D eigenvalue weighted by atomic mass is 9.97. The first-order chi connectivity index (χ1) is 9.75. The van der Waals surface area contributed by atoms with Crippen molar-refractivity contribution in [2.45, 2.75) is 6.92 Å².